The number of carbonyl (C=O) groups excluding carboxylic acids is 1. The van der Waals surface area contributed by atoms with Gasteiger partial charge in [-0.1, -0.05) is 78.9 Å². The Morgan fingerprint density at radius 2 is 1.84 bits per heavy atom. The highest BCUT2D eigenvalue weighted by Gasteiger charge is 2.45. The van der Waals surface area contributed by atoms with Gasteiger partial charge >= 0.3 is 0 Å². The molecule has 31 heavy (non-hydrogen) atoms. The van der Waals surface area contributed by atoms with Crippen molar-refractivity contribution in [2.24, 2.45) is 0 Å². The number of para-hydroxylation sites is 1. The van der Waals surface area contributed by atoms with Gasteiger partial charge in [0.25, 0.3) is 5.91 Å². The van der Waals surface area contributed by atoms with Crippen LogP contribution in [0, 0.1) is 0 Å². The van der Waals surface area contributed by atoms with Crippen molar-refractivity contribution in [3.63, 3.8) is 0 Å². The number of nitrogens with zero attached hydrogens (tertiary/aromatic N) is 3. The van der Waals surface area contributed by atoms with Crippen LogP contribution in [0.2, 0.25) is 0 Å². The van der Waals surface area contributed by atoms with Gasteiger partial charge < -0.3 is 4.42 Å². The highest BCUT2D eigenvalue weighted by molar-refractivity contribution is 8.01. The fourth-order valence-corrected chi connectivity index (χ4v) is 5.75. The standard InChI is InChI=1S/C23H19N3O3S2/c1-2-3-13-30-23-25-24-22(31-23)26-18(14-9-5-4-6-10-14)17-19(27)15-11-7-8-12-16(15)29-20(17)21(26)28/h4-12,18H,2-3,13H2,1H3/t18-/m0/s1. The molecule has 0 spiro atoms. The summed E-state index contributed by atoms with van der Waals surface area (Å²) in [6, 6.07) is 15.9. The lowest BCUT2D eigenvalue weighted by atomic mass is 9.99. The predicted molar refractivity (Wildman–Crippen MR) is 123 cm³/mol. The van der Waals surface area contributed by atoms with Gasteiger partial charge in [-0.3, -0.25) is 14.5 Å². The molecule has 0 saturated heterocycles. The Morgan fingerprint density at radius 1 is 1.06 bits per heavy atom. The van der Waals surface area contributed by atoms with E-state index in [0.29, 0.717) is 21.7 Å². The largest absolute Gasteiger partial charge is 0.450 e. The summed E-state index contributed by atoms with van der Waals surface area (Å²) in [5.74, 6) is 0.660. The minimum Gasteiger partial charge on any atom is -0.450 e. The van der Waals surface area contributed by atoms with Crippen LogP contribution < -0.4 is 10.3 Å². The van der Waals surface area contributed by atoms with Gasteiger partial charge in [-0.15, -0.1) is 10.2 Å². The second kappa shape index (κ2) is 8.28. The summed E-state index contributed by atoms with van der Waals surface area (Å²) >= 11 is 3.00. The van der Waals surface area contributed by atoms with E-state index in [4.69, 9.17) is 4.42 Å². The zero-order valence-electron chi connectivity index (χ0n) is 16.8. The molecule has 1 aliphatic heterocycles. The van der Waals surface area contributed by atoms with Gasteiger partial charge in [-0.05, 0) is 24.1 Å². The van der Waals surface area contributed by atoms with Crippen LogP contribution in [0.5, 0.6) is 0 Å². The molecule has 6 nitrogen and oxygen atoms in total. The maximum Gasteiger partial charge on any atom is 0.297 e. The van der Waals surface area contributed by atoms with Crippen LogP contribution in [0.4, 0.5) is 5.13 Å². The molecule has 0 aliphatic carbocycles. The highest BCUT2D eigenvalue weighted by atomic mass is 32.2. The van der Waals surface area contributed by atoms with Gasteiger partial charge in [0.1, 0.15) is 5.58 Å². The van der Waals surface area contributed by atoms with Gasteiger partial charge in [0.15, 0.2) is 9.77 Å². The fraction of sp³-hybridized carbons (Fsp3) is 0.217. The Hall–Kier alpha value is -2.97. The second-order valence-corrected chi connectivity index (χ2v) is 9.51. The molecule has 0 N–H and O–H groups in total. The number of rotatable bonds is 6. The fourth-order valence-electron chi connectivity index (χ4n) is 3.73. The Morgan fingerprint density at radius 3 is 2.65 bits per heavy atom. The summed E-state index contributed by atoms with van der Waals surface area (Å²) in [6.45, 7) is 2.14. The number of carbonyl (C=O) groups is 1. The number of aromatic nitrogens is 2. The van der Waals surface area contributed by atoms with Crippen molar-refractivity contribution < 1.29 is 9.21 Å². The van der Waals surface area contributed by atoms with Crippen LogP contribution in [0.3, 0.4) is 0 Å². The molecule has 1 amide bonds. The van der Waals surface area contributed by atoms with Gasteiger partial charge in [0, 0.05) is 5.75 Å². The molecule has 0 saturated carbocycles. The molecule has 0 unspecified atom stereocenters. The SMILES string of the molecule is CCCCSc1nnc(N2C(=O)c3oc4ccccc4c(=O)c3[C@@H]2c2ccccc2)s1. The van der Waals surface area contributed by atoms with Crippen molar-refractivity contribution in [2.75, 3.05) is 10.7 Å². The Balaban J connectivity index is 1.66. The summed E-state index contributed by atoms with van der Waals surface area (Å²) in [5.41, 5.74) is 1.39. The van der Waals surface area contributed by atoms with E-state index in [9.17, 15) is 9.59 Å². The van der Waals surface area contributed by atoms with Gasteiger partial charge in [0.05, 0.1) is 17.0 Å². The molecule has 0 fully saturated rings. The van der Waals surface area contributed by atoms with Crippen molar-refractivity contribution in [2.45, 2.75) is 30.1 Å². The first-order valence-corrected chi connectivity index (χ1v) is 11.9. The lowest BCUT2D eigenvalue weighted by Crippen LogP contribution is -2.29. The van der Waals surface area contributed by atoms with E-state index in [1.54, 1.807) is 40.9 Å². The van der Waals surface area contributed by atoms with Crippen LogP contribution in [0.25, 0.3) is 11.0 Å². The first kappa shape index (κ1) is 20.0. The molecular weight excluding hydrogens is 430 g/mol. The highest BCUT2D eigenvalue weighted by Crippen LogP contribution is 2.43. The van der Waals surface area contributed by atoms with Crippen LogP contribution in [0.15, 0.2) is 68.1 Å². The molecule has 2 aromatic carbocycles. The van der Waals surface area contributed by atoms with Crippen molar-refractivity contribution >= 4 is 45.1 Å². The number of hydrogen-bond donors (Lipinski definition) is 0. The molecule has 2 aromatic heterocycles. The van der Waals surface area contributed by atoms with E-state index in [1.165, 1.54) is 11.3 Å². The summed E-state index contributed by atoms with van der Waals surface area (Å²) in [6.07, 6.45) is 2.20. The number of fused-ring (bicyclic) bond motifs is 2. The third-order valence-electron chi connectivity index (χ3n) is 5.22. The number of benzene rings is 2. The minimum atomic E-state index is -0.606. The quantitative estimate of drug-likeness (QED) is 0.226. The third kappa shape index (κ3) is 3.45. The van der Waals surface area contributed by atoms with Crippen molar-refractivity contribution in [3.05, 3.63) is 81.7 Å². The van der Waals surface area contributed by atoms with E-state index in [2.05, 4.69) is 17.1 Å². The Bertz CT molecular complexity index is 1320. The van der Waals surface area contributed by atoms with E-state index in [-0.39, 0.29) is 17.1 Å². The Labute approximate surface area is 186 Å². The monoisotopic (exact) mass is 449 g/mol. The zero-order valence-corrected chi connectivity index (χ0v) is 18.4. The molecule has 0 bridgehead atoms. The van der Waals surface area contributed by atoms with Gasteiger partial charge in [-0.2, -0.15) is 0 Å². The van der Waals surface area contributed by atoms with Crippen molar-refractivity contribution in [1.82, 2.24) is 10.2 Å². The first-order chi connectivity index (χ1) is 15.2. The molecule has 1 aliphatic rings. The first-order valence-electron chi connectivity index (χ1n) is 10.1. The zero-order chi connectivity index (χ0) is 21.4. The smallest absolute Gasteiger partial charge is 0.297 e. The van der Waals surface area contributed by atoms with Crippen LogP contribution in [-0.2, 0) is 0 Å². The lowest BCUT2D eigenvalue weighted by molar-refractivity contribution is 0.0970. The minimum absolute atomic E-state index is 0.0768. The number of anilines is 1. The van der Waals surface area contributed by atoms with E-state index in [1.807, 2.05) is 30.3 Å². The number of thioether (sulfide) groups is 1. The van der Waals surface area contributed by atoms with Crippen LogP contribution in [0.1, 0.15) is 47.5 Å². The molecule has 8 heteroatoms. The summed E-state index contributed by atoms with van der Waals surface area (Å²) in [5, 5.41) is 9.49. The molecule has 1 atom stereocenters. The summed E-state index contributed by atoms with van der Waals surface area (Å²) in [4.78, 5) is 28.4. The molecule has 5 rings (SSSR count). The molecule has 3 heterocycles. The average Bonchev–Trinajstić information content (AvgIpc) is 3.37. The molecule has 4 aromatic rings. The lowest BCUT2D eigenvalue weighted by Gasteiger charge is -2.21. The molecule has 156 valence electrons. The van der Waals surface area contributed by atoms with E-state index < -0.39 is 6.04 Å². The van der Waals surface area contributed by atoms with Crippen LogP contribution in [-0.4, -0.2) is 21.9 Å². The van der Waals surface area contributed by atoms with Gasteiger partial charge in [-0.25, -0.2) is 0 Å². The Kier molecular flexibility index (Phi) is 5.33. The van der Waals surface area contributed by atoms with Crippen molar-refractivity contribution in [1.29, 1.82) is 0 Å². The van der Waals surface area contributed by atoms with Crippen molar-refractivity contribution in [3.8, 4) is 0 Å². The van der Waals surface area contributed by atoms with E-state index in [0.717, 1.165) is 28.5 Å². The predicted octanol–water partition coefficient (Wildman–Crippen LogP) is 5.29. The third-order valence-corrected chi connectivity index (χ3v) is 7.36. The number of unbranched alkanes of at least 4 members (excludes halogenated alkanes) is 1. The molecule has 0 radical (unpaired) electrons. The van der Waals surface area contributed by atoms with Crippen LogP contribution >= 0.6 is 23.1 Å². The number of hydrogen-bond acceptors (Lipinski definition) is 7. The average molecular weight is 450 g/mol. The summed E-state index contributed by atoms with van der Waals surface area (Å²) < 4.78 is 6.76. The number of amides is 1. The molecular formula is C23H19N3O3S2. The van der Waals surface area contributed by atoms with Gasteiger partial charge in [0.2, 0.25) is 10.9 Å². The normalized spacial score (nSPS) is 15.6. The second-order valence-electron chi connectivity index (χ2n) is 7.21. The maximum atomic E-state index is 13.5. The summed E-state index contributed by atoms with van der Waals surface area (Å²) in [7, 11) is 0. The topological polar surface area (TPSA) is 76.3 Å². The van der Waals surface area contributed by atoms with E-state index >= 15 is 0 Å². The maximum absolute atomic E-state index is 13.5.